The molecule has 0 saturated heterocycles. The molecule has 1 aromatic carbocycles. The Morgan fingerprint density at radius 3 is 1.87 bits per heavy atom. The molecule has 0 amide bonds. The van der Waals surface area contributed by atoms with Crippen molar-refractivity contribution in [2.75, 3.05) is 21.1 Å². The van der Waals surface area contributed by atoms with Gasteiger partial charge in [0, 0.05) is 0 Å². The zero-order valence-corrected chi connectivity index (χ0v) is 10.6. The van der Waals surface area contributed by atoms with E-state index in [1.54, 1.807) is 0 Å². The highest BCUT2D eigenvalue weighted by Gasteiger charge is 1.95. The highest BCUT2D eigenvalue weighted by Crippen LogP contribution is 2.10. The predicted molar refractivity (Wildman–Crippen MR) is 69.7 cm³/mol. The summed E-state index contributed by atoms with van der Waals surface area (Å²) in [5.41, 5.74) is 2.63. The molecule has 1 unspecified atom stereocenters. The molecule has 0 aliphatic carbocycles. The molecule has 0 spiro atoms. The van der Waals surface area contributed by atoms with Crippen molar-refractivity contribution >= 4 is 7.85 Å². The second-order valence-electron chi connectivity index (χ2n) is 4.51. The molecule has 0 aliphatic heterocycles. The summed E-state index contributed by atoms with van der Waals surface area (Å²) in [5, 5.41) is 0. The van der Waals surface area contributed by atoms with Crippen LogP contribution >= 0.6 is 0 Å². The highest BCUT2D eigenvalue weighted by molar-refractivity contribution is 6.11. The van der Waals surface area contributed by atoms with Gasteiger partial charge in [-0.25, -0.2) is 0 Å². The molecule has 1 nitrogen and oxygen atoms in total. The summed E-state index contributed by atoms with van der Waals surface area (Å²) >= 11 is 0. The third kappa shape index (κ3) is 9.55. The number of nitrogens with zero attached hydrogens (tertiary/aromatic N) is 1. The monoisotopic (exact) mass is 203 g/mol. The van der Waals surface area contributed by atoms with E-state index in [9.17, 15) is 0 Å². The summed E-state index contributed by atoms with van der Waals surface area (Å²) in [6.07, 6.45) is 0.972. The minimum atomic E-state index is 0.262. The summed E-state index contributed by atoms with van der Waals surface area (Å²) in [7, 11) is 11.7. The van der Waals surface area contributed by atoms with Crippen molar-refractivity contribution in [3.05, 3.63) is 35.4 Å². The van der Waals surface area contributed by atoms with Crippen LogP contribution in [0.2, 0.25) is 5.82 Å². The maximum Gasteiger partial charge on any atom is 0.0700 e. The van der Waals surface area contributed by atoms with Gasteiger partial charge in [-0.05, 0) is 40.1 Å². The van der Waals surface area contributed by atoms with Gasteiger partial charge >= 0.3 is 0 Å². The van der Waals surface area contributed by atoms with Gasteiger partial charge in [-0.2, -0.15) is 0 Å². The maximum absolute atomic E-state index is 5.66. The van der Waals surface area contributed by atoms with Crippen molar-refractivity contribution in [1.29, 1.82) is 0 Å². The Bertz CT molecular complexity index is 249. The number of hydrogen-bond donors (Lipinski definition) is 0. The molecule has 0 aromatic heterocycles. The molecular weight excluding hydrogens is 181 g/mol. The molecule has 0 aliphatic rings. The van der Waals surface area contributed by atoms with Crippen molar-refractivity contribution in [2.24, 2.45) is 0 Å². The van der Waals surface area contributed by atoms with E-state index in [2.05, 4.69) is 31.2 Å². The molecule has 2 heteroatoms. The van der Waals surface area contributed by atoms with Crippen LogP contribution in [-0.2, 0) is 6.42 Å². The first-order valence-electron chi connectivity index (χ1n) is 5.34. The molecule has 0 heterocycles. The summed E-state index contributed by atoms with van der Waals surface area (Å²) in [4.78, 5) is 2.00. The molecule has 0 fully saturated rings. The second kappa shape index (κ2) is 7.53. The lowest BCUT2D eigenvalue weighted by Crippen LogP contribution is -1.99. The quantitative estimate of drug-likeness (QED) is 0.668. The summed E-state index contributed by atoms with van der Waals surface area (Å²) < 4.78 is 0. The zero-order chi connectivity index (χ0) is 11.8. The van der Waals surface area contributed by atoms with Crippen molar-refractivity contribution in [2.45, 2.75) is 26.1 Å². The molecule has 0 bridgehead atoms. The second-order valence-corrected chi connectivity index (χ2v) is 4.51. The Kier molecular flexibility index (Phi) is 7.15. The van der Waals surface area contributed by atoms with Crippen molar-refractivity contribution in [1.82, 2.24) is 4.90 Å². The minimum absolute atomic E-state index is 0.262. The van der Waals surface area contributed by atoms with E-state index < -0.39 is 0 Å². The number of rotatable bonds is 2. The first-order valence-corrected chi connectivity index (χ1v) is 5.34. The maximum atomic E-state index is 5.66. The van der Waals surface area contributed by atoms with E-state index in [4.69, 9.17) is 7.85 Å². The molecule has 0 N–H and O–H groups in total. The Labute approximate surface area is 95.9 Å². The number of benzene rings is 1. The van der Waals surface area contributed by atoms with Gasteiger partial charge in [0.1, 0.15) is 0 Å². The Balaban J connectivity index is 0.000000423. The highest BCUT2D eigenvalue weighted by atomic mass is 15.0. The van der Waals surface area contributed by atoms with E-state index in [1.807, 2.05) is 33.0 Å². The smallest absolute Gasteiger partial charge is 0.0700 e. The van der Waals surface area contributed by atoms with E-state index in [-0.39, 0.29) is 5.82 Å². The van der Waals surface area contributed by atoms with Crippen LogP contribution in [-0.4, -0.2) is 33.9 Å². The average molecular weight is 203 g/mol. The van der Waals surface area contributed by atoms with Gasteiger partial charge in [0.25, 0.3) is 0 Å². The van der Waals surface area contributed by atoms with E-state index in [1.165, 1.54) is 11.1 Å². The topological polar surface area (TPSA) is 3.24 Å². The zero-order valence-electron chi connectivity index (χ0n) is 10.6. The summed E-state index contributed by atoms with van der Waals surface area (Å²) in [5.74, 6) is 0.262. The van der Waals surface area contributed by atoms with Gasteiger partial charge in [-0.15, -0.1) is 0 Å². The predicted octanol–water partition coefficient (Wildman–Crippen LogP) is 2.69. The van der Waals surface area contributed by atoms with Gasteiger partial charge in [0.15, 0.2) is 0 Å². The van der Waals surface area contributed by atoms with Crippen LogP contribution in [0.3, 0.4) is 0 Å². The van der Waals surface area contributed by atoms with Gasteiger partial charge in [0.05, 0.1) is 7.85 Å². The van der Waals surface area contributed by atoms with Crippen LogP contribution in [0.15, 0.2) is 24.3 Å². The molecule has 1 rings (SSSR count). The van der Waals surface area contributed by atoms with Crippen LogP contribution in [0.1, 0.15) is 18.1 Å². The average Bonchev–Trinajstić information content (AvgIpc) is 2.07. The molecule has 2 radical (unpaired) electrons. The molecule has 82 valence electrons. The molecule has 1 aromatic rings. The lowest BCUT2D eigenvalue weighted by molar-refractivity contribution is 0.505. The van der Waals surface area contributed by atoms with Crippen molar-refractivity contribution < 1.29 is 0 Å². The van der Waals surface area contributed by atoms with Crippen LogP contribution in [0.25, 0.3) is 0 Å². The number of aryl methyl sites for hydroxylation is 1. The minimum Gasteiger partial charge on any atom is -0.312 e. The summed E-state index contributed by atoms with van der Waals surface area (Å²) in [6, 6.07) is 8.52. The number of hydrogen-bond acceptors (Lipinski definition) is 1. The third-order valence-corrected chi connectivity index (χ3v) is 1.68. The first kappa shape index (κ1) is 14.2. The standard InChI is InChI=1S/C10H13B.C3H9N/c1-8-3-5-10(6-4-8)7-9(2)11;1-4(2)3/h3-6,9H,7H2,1-2H3;1-3H3. The lowest BCUT2D eigenvalue weighted by Gasteiger charge is -2.04. The van der Waals surface area contributed by atoms with Gasteiger partial charge < -0.3 is 4.90 Å². The Morgan fingerprint density at radius 1 is 1.13 bits per heavy atom. The first-order chi connectivity index (χ1) is 6.91. The van der Waals surface area contributed by atoms with Crippen LogP contribution in [0.5, 0.6) is 0 Å². The van der Waals surface area contributed by atoms with Crippen LogP contribution in [0, 0.1) is 6.92 Å². The molecular formula is C13H22BN. The van der Waals surface area contributed by atoms with Gasteiger partial charge in [0.2, 0.25) is 0 Å². The van der Waals surface area contributed by atoms with E-state index in [0.717, 1.165) is 6.42 Å². The fourth-order valence-electron chi connectivity index (χ4n) is 1.10. The van der Waals surface area contributed by atoms with Crippen molar-refractivity contribution in [3.8, 4) is 0 Å². The van der Waals surface area contributed by atoms with E-state index >= 15 is 0 Å². The van der Waals surface area contributed by atoms with Crippen LogP contribution < -0.4 is 0 Å². The molecule has 0 saturated carbocycles. The Morgan fingerprint density at radius 2 is 1.53 bits per heavy atom. The third-order valence-electron chi connectivity index (χ3n) is 1.68. The fourth-order valence-corrected chi connectivity index (χ4v) is 1.10. The lowest BCUT2D eigenvalue weighted by atomic mass is 9.84. The Hall–Kier alpha value is -0.755. The van der Waals surface area contributed by atoms with Gasteiger partial charge in [-0.3, -0.25) is 0 Å². The van der Waals surface area contributed by atoms with Crippen molar-refractivity contribution in [3.63, 3.8) is 0 Å². The normalized spacial score (nSPS) is 11.9. The summed E-state index contributed by atoms with van der Waals surface area (Å²) in [6.45, 7) is 4.12. The van der Waals surface area contributed by atoms with Gasteiger partial charge in [-0.1, -0.05) is 42.6 Å². The van der Waals surface area contributed by atoms with E-state index in [0.29, 0.717) is 0 Å². The largest absolute Gasteiger partial charge is 0.312 e. The SMILES string of the molecule is CN(C)C.[B]C(C)Cc1ccc(C)cc1. The van der Waals surface area contributed by atoms with Crippen LogP contribution in [0.4, 0.5) is 0 Å². The fraction of sp³-hybridized carbons (Fsp3) is 0.538. The molecule has 15 heavy (non-hydrogen) atoms. The molecule has 1 atom stereocenters.